The Morgan fingerprint density at radius 1 is 0.900 bits per heavy atom. The van der Waals surface area contributed by atoms with E-state index in [4.69, 9.17) is 4.74 Å². The van der Waals surface area contributed by atoms with Gasteiger partial charge in [0.25, 0.3) is 0 Å². The number of sulfonamides is 1. The van der Waals surface area contributed by atoms with E-state index in [1.807, 2.05) is 26.0 Å². The predicted octanol–water partition coefficient (Wildman–Crippen LogP) is 4.12. The molecule has 0 bridgehead atoms. The van der Waals surface area contributed by atoms with Crippen LogP contribution in [0.25, 0.3) is 0 Å². The van der Waals surface area contributed by atoms with Crippen LogP contribution < -0.4 is 4.74 Å². The Labute approximate surface area is 181 Å². The molecule has 5 nitrogen and oxygen atoms in total. The summed E-state index contributed by atoms with van der Waals surface area (Å²) < 4.78 is 33.4. The highest BCUT2D eigenvalue weighted by molar-refractivity contribution is 7.89. The van der Waals surface area contributed by atoms with Gasteiger partial charge >= 0.3 is 0 Å². The SMILES string of the molecule is Cc1ccc(S(=O)(=O)N2CCN(CCOc3ccc(C(C)C)c(C)c3)CC2)cc1C. The summed E-state index contributed by atoms with van der Waals surface area (Å²) in [5.41, 5.74) is 4.72. The van der Waals surface area contributed by atoms with Crippen molar-refractivity contribution in [2.75, 3.05) is 39.3 Å². The van der Waals surface area contributed by atoms with Crippen molar-refractivity contribution in [3.05, 3.63) is 58.7 Å². The van der Waals surface area contributed by atoms with Crippen LogP contribution in [0, 0.1) is 20.8 Å². The first-order valence-electron chi connectivity index (χ1n) is 10.7. The molecule has 1 aliphatic heterocycles. The third-order valence-corrected chi connectivity index (χ3v) is 7.88. The molecular weight excluding hydrogens is 396 g/mol. The van der Waals surface area contributed by atoms with Crippen molar-refractivity contribution < 1.29 is 13.2 Å². The summed E-state index contributed by atoms with van der Waals surface area (Å²) in [6.45, 7) is 14.3. The Bertz CT molecular complexity index is 978. The minimum absolute atomic E-state index is 0.391. The third kappa shape index (κ3) is 5.23. The molecule has 0 spiro atoms. The normalized spacial score (nSPS) is 16.2. The Hall–Kier alpha value is -1.89. The van der Waals surface area contributed by atoms with E-state index < -0.39 is 10.0 Å². The molecule has 6 heteroatoms. The quantitative estimate of drug-likeness (QED) is 0.663. The standard InChI is InChI=1S/C24H34N2O3S/c1-18(2)24-9-7-22(16-21(24)5)29-15-14-25-10-12-26(13-11-25)30(27,28)23-8-6-19(3)20(4)17-23/h6-9,16-18H,10-15H2,1-5H3. The van der Waals surface area contributed by atoms with Gasteiger partial charge in [-0.05, 0) is 73.2 Å². The number of hydrogen-bond acceptors (Lipinski definition) is 4. The van der Waals surface area contributed by atoms with E-state index in [9.17, 15) is 8.42 Å². The number of piperazine rings is 1. The van der Waals surface area contributed by atoms with Gasteiger partial charge in [-0.25, -0.2) is 8.42 Å². The van der Waals surface area contributed by atoms with Crippen LogP contribution >= 0.6 is 0 Å². The van der Waals surface area contributed by atoms with E-state index in [2.05, 4.69) is 37.8 Å². The van der Waals surface area contributed by atoms with E-state index in [-0.39, 0.29) is 0 Å². The van der Waals surface area contributed by atoms with Crippen LogP contribution in [0.4, 0.5) is 0 Å². The second-order valence-corrected chi connectivity index (χ2v) is 10.5. The summed E-state index contributed by atoms with van der Waals surface area (Å²) in [6.07, 6.45) is 0. The van der Waals surface area contributed by atoms with Crippen LogP contribution in [-0.2, 0) is 10.0 Å². The molecule has 0 amide bonds. The molecule has 0 atom stereocenters. The van der Waals surface area contributed by atoms with Crippen molar-refractivity contribution in [2.45, 2.75) is 45.4 Å². The Morgan fingerprint density at radius 2 is 1.60 bits per heavy atom. The van der Waals surface area contributed by atoms with Crippen molar-refractivity contribution in [1.82, 2.24) is 9.21 Å². The van der Waals surface area contributed by atoms with Crippen molar-refractivity contribution in [3.8, 4) is 5.75 Å². The summed E-state index contributed by atoms with van der Waals surface area (Å²) in [5.74, 6) is 1.41. The van der Waals surface area contributed by atoms with Crippen LogP contribution in [0.3, 0.4) is 0 Å². The first kappa shape index (κ1) is 22.8. The summed E-state index contributed by atoms with van der Waals surface area (Å²) in [6, 6.07) is 11.7. The van der Waals surface area contributed by atoms with Gasteiger partial charge in [0, 0.05) is 32.7 Å². The maximum atomic E-state index is 12.9. The van der Waals surface area contributed by atoms with Gasteiger partial charge in [-0.1, -0.05) is 26.0 Å². The second kappa shape index (κ2) is 9.50. The van der Waals surface area contributed by atoms with Crippen molar-refractivity contribution >= 4 is 10.0 Å². The first-order chi connectivity index (χ1) is 14.2. The monoisotopic (exact) mass is 430 g/mol. The maximum absolute atomic E-state index is 12.9. The number of aryl methyl sites for hydroxylation is 3. The summed E-state index contributed by atoms with van der Waals surface area (Å²) in [4.78, 5) is 2.66. The van der Waals surface area contributed by atoms with E-state index in [1.165, 1.54) is 11.1 Å². The minimum atomic E-state index is -3.43. The zero-order valence-corrected chi connectivity index (χ0v) is 19.6. The fourth-order valence-electron chi connectivity index (χ4n) is 3.90. The highest BCUT2D eigenvalue weighted by atomic mass is 32.2. The lowest BCUT2D eigenvalue weighted by Gasteiger charge is -2.33. The van der Waals surface area contributed by atoms with Gasteiger partial charge in [0.15, 0.2) is 0 Å². The van der Waals surface area contributed by atoms with Gasteiger partial charge in [-0.3, -0.25) is 4.90 Å². The van der Waals surface area contributed by atoms with E-state index >= 15 is 0 Å². The molecule has 30 heavy (non-hydrogen) atoms. The average molecular weight is 431 g/mol. The van der Waals surface area contributed by atoms with E-state index in [1.54, 1.807) is 16.4 Å². The molecule has 2 aromatic carbocycles. The zero-order valence-electron chi connectivity index (χ0n) is 18.8. The molecule has 1 fully saturated rings. The molecule has 1 aliphatic rings. The molecular formula is C24H34N2O3S. The summed E-state index contributed by atoms with van der Waals surface area (Å²) in [7, 11) is -3.43. The topological polar surface area (TPSA) is 49.9 Å². The van der Waals surface area contributed by atoms with E-state index in [0.29, 0.717) is 30.5 Å². The number of nitrogens with zero attached hydrogens (tertiary/aromatic N) is 2. The number of ether oxygens (including phenoxy) is 1. The molecule has 164 valence electrons. The van der Waals surface area contributed by atoms with Crippen molar-refractivity contribution in [3.63, 3.8) is 0 Å². The molecule has 0 radical (unpaired) electrons. The average Bonchev–Trinajstić information content (AvgIpc) is 2.70. The maximum Gasteiger partial charge on any atom is 0.243 e. The van der Waals surface area contributed by atoms with Gasteiger partial charge in [-0.15, -0.1) is 0 Å². The molecule has 0 unspecified atom stereocenters. The van der Waals surface area contributed by atoms with Gasteiger partial charge in [0.05, 0.1) is 4.90 Å². The minimum Gasteiger partial charge on any atom is -0.492 e. The molecule has 0 aromatic heterocycles. The molecule has 3 rings (SSSR count). The predicted molar refractivity (Wildman–Crippen MR) is 122 cm³/mol. The molecule has 0 N–H and O–H groups in total. The Kier molecular flexibility index (Phi) is 7.22. The highest BCUT2D eigenvalue weighted by Gasteiger charge is 2.28. The number of benzene rings is 2. The van der Waals surface area contributed by atoms with Crippen molar-refractivity contribution in [2.24, 2.45) is 0 Å². The summed E-state index contributed by atoms with van der Waals surface area (Å²) in [5, 5.41) is 0. The fourth-order valence-corrected chi connectivity index (χ4v) is 5.40. The van der Waals surface area contributed by atoms with Gasteiger partial charge in [-0.2, -0.15) is 4.31 Å². The third-order valence-electron chi connectivity index (χ3n) is 5.99. The Morgan fingerprint density at radius 3 is 2.20 bits per heavy atom. The lowest BCUT2D eigenvalue weighted by atomic mass is 9.98. The lowest BCUT2D eigenvalue weighted by molar-refractivity contribution is 0.159. The molecule has 1 saturated heterocycles. The van der Waals surface area contributed by atoms with Crippen LogP contribution in [0.1, 0.15) is 42.0 Å². The van der Waals surface area contributed by atoms with Gasteiger partial charge < -0.3 is 4.74 Å². The molecule has 1 heterocycles. The molecule has 0 saturated carbocycles. The smallest absolute Gasteiger partial charge is 0.243 e. The fraction of sp³-hybridized carbons (Fsp3) is 0.500. The largest absolute Gasteiger partial charge is 0.492 e. The van der Waals surface area contributed by atoms with E-state index in [0.717, 1.165) is 36.5 Å². The van der Waals surface area contributed by atoms with Crippen LogP contribution in [0.15, 0.2) is 41.3 Å². The van der Waals surface area contributed by atoms with Gasteiger partial charge in [0.2, 0.25) is 10.0 Å². The van der Waals surface area contributed by atoms with Crippen LogP contribution in [0.5, 0.6) is 5.75 Å². The summed E-state index contributed by atoms with van der Waals surface area (Å²) >= 11 is 0. The van der Waals surface area contributed by atoms with Crippen LogP contribution in [0.2, 0.25) is 0 Å². The lowest BCUT2D eigenvalue weighted by Crippen LogP contribution is -2.49. The first-order valence-corrected chi connectivity index (χ1v) is 12.2. The second-order valence-electron chi connectivity index (χ2n) is 8.51. The van der Waals surface area contributed by atoms with Crippen LogP contribution in [-0.4, -0.2) is 57.0 Å². The number of rotatable bonds is 7. The zero-order chi connectivity index (χ0) is 21.9. The number of hydrogen-bond donors (Lipinski definition) is 0. The highest BCUT2D eigenvalue weighted by Crippen LogP contribution is 2.24. The molecule has 2 aromatic rings. The Balaban J connectivity index is 1.50. The van der Waals surface area contributed by atoms with Crippen molar-refractivity contribution in [1.29, 1.82) is 0 Å². The van der Waals surface area contributed by atoms with Gasteiger partial charge in [0.1, 0.15) is 12.4 Å². The molecule has 0 aliphatic carbocycles.